The van der Waals surface area contributed by atoms with Gasteiger partial charge in [0.2, 0.25) is 10.0 Å². The van der Waals surface area contributed by atoms with Crippen molar-refractivity contribution in [2.75, 3.05) is 11.9 Å². The highest BCUT2D eigenvalue weighted by Gasteiger charge is 2.16. The molecule has 1 rings (SSSR count). The van der Waals surface area contributed by atoms with Crippen molar-refractivity contribution in [3.05, 3.63) is 29.6 Å². The zero-order valence-corrected chi connectivity index (χ0v) is 13.5. The lowest BCUT2D eigenvalue weighted by Crippen LogP contribution is -2.26. The summed E-state index contributed by atoms with van der Waals surface area (Å²) in [5, 5.41) is 0.906. The topological polar surface area (TPSA) is 46.2 Å². The second-order valence-electron chi connectivity index (χ2n) is 4.71. The van der Waals surface area contributed by atoms with Crippen molar-refractivity contribution in [2.45, 2.75) is 31.6 Å². The number of alkyl halides is 1. The highest BCUT2D eigenvalue weighted by atomic mass is 79.9. The van der Waals surface area contributed by atoms with Crippen molar-refractivity contribution in [1.82, 2.24) is 4.72 Å². The van der Waals surface area contributed by atoms with E-state index in [-0.39, 0.29) is 4.90 Å². The molecule has 1 unspecified atom stereocenters. The number of benzene rings is 1. The van der Waals surface area contributed by atoms with Gasteiger partial charge in [0.25, 0.3) is 0 Å². The van der Waals surface area contributed by atoms with Gasteiger partial charge in [0.1, 0.15) is 5.82 Å². The predicted molar refractivity (Wildman–Crippen MR) is 78.5 cm³/mol. The van der Waals surface area contributed by atoms with Gasteiger partial charge in [-0.2, -0.15) is 0 Å². The molecule has 0 aliphatic rings. The second-order valence-corrected chi connectivity index (χ2v) is 7.09. The lowest BCUT2D eigenvalue weighted by Gasteiger charge is -2.10. The minimum Gasteiger partial charge on any atom is -0.211 e. The molecule has 19 heavy (non-hydrogen) atoms. The Labute approximate surface area is 122 Å². The summed E-state index contributed by atoms with van der Waals surface area (Å²) in [6, 6.07) is 3.78. The Morgan fingerprint density at radius 3 is 2.74 bits per heavy atom. The van der Waals surface area contributed by atoms with Gasteiger partial charge in [-0.05, 0) is 43.4 Å². The summed E-state index contributed by atoms with van der Waals surface area (Å²) in [4.78, 5) is 0.0149. The second kappa shape index (κ2) is 7.36. The van der Waals surface area contributed by atoms with Gasteiger partial charge in [0.15, 0.2) is 0 Å². The van der Waals surface area contributed by atoms with Gasteiger partial charge in [0.05, 0.1) is 4.90 Å². The van der Waals surface area contributed by atoms with Gasteiger partial charge < -0.3 is 0 Å². The van der Waals surface area contributed by atoms with Gasteiger partial charge >= 0.3 is 0 Å². The van der Waals surface area contributed by atoms with E-state index in [0.717, 1.165) is 24.2 Å². The molecular formula is C13H19BrFNO2S. The smallest absolute Gasteiger partial charge is 0.211 e. The van der Waals surface area contributed by atoms with Crippen molar-refractivity contribution in [1.29, 1.82) is 0 Å². The molecule has 1 aromatic carbocycles. The molecule has 0 aliphatic heterocycles. The fourth-order valence-electron chi connectivity index (χ4n) is 1.68. The van der Waals surface area contributed by atoms with Crippen LogP contribution >= 0.6 is 15.9 Å². The number of aryl methyl sites for hydroxylation is 1. The number of hydrogen-bond donors (Lipinski definition) is 1. The van der Waals surface area contributed by atoms with E-state index < -0.39 is 15.8 Å². The summed E-state index contributed by atoms with van der Waals surface area (Å²) in [6.07, 6.45) is 1.70. The van der Waals surface area contributed by atoms with Gasteiger partial charge in [-0.1, -0.05) is 28.9 Å². The molecule has 0 saturated carbocycles. The minimum atomic E-state index is -3.62. The Morgan fingerprint density at radius 1 is 1.42 bits per heavy atom. The molecule has 0 bridgehead atoms. The molecule has 0 fully saturated rings. The largest absolute Gasteiger partial charge is 0.240 e. The summed E-state index contributed by atoms with van der Waals surface area (Å²) in [5.74, 6) is -0.0284. The highest BCUT2D eigenvalue weighted by molar-refractivity contribution is 9.09. The van der Waals surface area contributed by atoms with Crippen LogP contribution in [0.1, 0.15) is 25.3 Å². The number of sulfonamides is 1. The Balaban J connectivity index is 2.64. The van der Waals surface area contributed by atoms with E-state index in [2.05, 4.69) is 27.6 Å². The molecule has 6 heteroatoms. The van der Waals surface area contributed by atoms with Crippen LogP contribution in [0.5, 0.6) is 0 Å². The minimum absolute atomic E-state index is 0.0149. The van der Waals surface area contributed by atoms with Crippen molar-refractivity contribution in [3.63, 3.8) is 0 Å². The molecule has 1 aromatic rings. The van der Waals surface area contributed by atoms with Gasteiger partial charge in [-0.15, -0.1) is 0 Å². The third-order valence-electron chi connectivity index (χ3n) is 2.87. The maximum absolute atomic E-state index is 13.1. The van der Waals surface area contributed by atoms with Crippen LogP contribution in [0.3, 0.4) is 0 Å². The standard InChI is InChI=1S/C13H19BrFNO2S/c1-10(9-14)4-3-7-16-19(17,18)13-8-12(15)6-5-11(13)2/h5-6,8,10,16H,3-4,7,9H2,1-2H3. The quantitative estimate of drug-likeness (QED) is 0.605. The molecule has 1 N–H and O–H groups in total. The van der Waals surface area contributed by atoms with Crippen LogP contribution in [-0.2, 0) is 10.0 Å². The van der Waals surface area contributed by atoms with Crippen molar-refractivity contribution < 1.29 is 12.8 Å². The van der Waals surface area contributed by atoms with Crippen molar-refractivity contribution >= 4 is 26.0 Å². The van der Waals surface area contributed by atoms with Crippen LogP contribution in [-0.4, -0.2) is 20.3 Å². The van der Waals surface area contributed by atoms with E-state index in [1.165, 1.54) is 12.1 Å². The number of nitrogens with one attached hydrogen (secondary N) is 1. The zero-order chi connectivity index (χ0) is 14.5. The SMILES string of the molecule is Cc1ccc(F)cc1S(=O)(=O)NCCCC(C)CBr. The van der Waals surface area contributed by atoms with Crippen LogP contribution < -0.4 is 4.72 Å². The predicted octanol–water partition coefficient (Wildman–Crippen LogP) is 3.22. The van der Waals surface area contributed by atoms with E-state index in [1.54, 1.807) is 6.92 Å². The van der Waals surface area contributed by atoms with Crippen molar-refractivity contribution in [2.24, 2.45) is 5.92 Å². The van der Waals surface area contributed by atoms with Crippen LogP contribution in [0.15, 0.2) is 23.1 Å². The molecule has 0 aromatic heterocycles. The average molecular weight is 352 g/mol. The maximum Gasteiger partial charge on any atom is 0.240 e. The number of rotatable bonds is 7. The van der Waals surface area contributed by atoms with E-state index in [0.29, 0.717) is 18.0 Å². The summed E-state index contributed by atoms with van der Waals surface area (Å²) < 4.78 is 39.7. The monoisotopic (exact) mass is 351 g/mol. The first-order valence-electron chi connectivity index (χ1n) is 6.18. The van der Waals surface area contributed by atoms with E-state index in [1.807, 2.05) is 0 Å². The fraction of sp³-hybridized carbons (Fsp3) is 0.538. The maximum atomic E-state index is 13.1. The normalized spacial score (nSPS) is 13.5. The van der Waals surface area contributed by atoms with Crippen LogP contribution in [0.25, 0.3) is 0 Å². The van der Waals surface area contributed by atoms with E-state index in [4.69, 9.17) is 0 Å². The lowest BCUT2D eigenvalue weighted by atomic mass is 10.1. The molecule has 0 saturated heterocycles. The van der Waals surface area contributed by atoms with Gasteiger partial charge in [0, 0.05) is 11.9 Å². The lowest BCUT2D eigenvalue weighted by molar-refractivity contribution is 0.545. The number of hydrogen-bond acceptors (Lipinski definition) is 2. The Bertz CT molecular complexity index is 519. The first-order chi connectivity index (χ1) is 8.86. The van der Waals surface area contributed by atoms with Crippen LogP contribution in [0.2, 0.25) is 0 Å². The van der Waals surface area contributed by atoms with Crippen LogP contribution in [0, 0.1) is 18.7 Å². The third kappa shape index (κ3) is 5.20. The Morgan fingerprint density at radius 2 is 2.11 bits per heavy atom. The molecule has 3 nitrogen and oxygen atoms in total. The molecule has 0 amide bonds. The fourth-order valence-corrected chi connectivity index (χ4v) is 3.33. The van der Waals surface area contributed by atoms with Crippen LogP contribution in [0.4, 0.5) is 4.39 Å². The van der Waals surface area contributed by atoms with E-state index in [9.17, 15) is 12.8 Å². The zero-order valence-electron chi connectivity index (χ0n) is 11.1. The Kier molecular flexibility index (Phi) is 6.42. The Hall–Kier alpha value is -0.460. The number of halogens is 2. The summed E-state index contributed by atoms with van der Waals surface area (Å²) >= 11 is 3.38. The molecular weight excluding hydrogens is 333 g/mol. The molecule has 0 radical (unpaired) electrons. The van der Waals surface area contributed by atoms with Crippen molar-refractivity contribution in [3.8, 4) is 0 Å². The summed E-state index contributed by atoms with van der Waals surface area (Å²) in [7, 11) is -3.62. The van der Waals surface area contributed by atoms with Gasteiger partial charge in [-0.25, -0.2) is 17.5 Å². The van der Waals surface area contributed by atoms with E-state index >= 15 is 0 Å². The average Bonchev–Trinajstić information content (AvgIpc) is 2.37. The molecule has 0 spiro atoms. The summed E-state index contributed by atoms with van der Waals surface area (Å²) in [5.41, 5.74) is 0.544. The molecule has 1 atom stereocenters. The highest BCUT2D eigenvalue weighted by Crippen LogP contribution is 2.16. The molecule has 0 heterocycles. The first-order valence-corrected chi connectivity index (χ1v) is 8.79. The molecule has 108 valence electrons. The summed E-state index contributed by atoms with van der Waals surface area (Å²) in [6.45, 7) is 4.12. The van der Waals surface area contributed by atoms with Gasteiger partial charge in [-0.3, -0.25) is 0 Å². The first kappa shape index (κ1) is 16.6. The third-order valence-corrected chi connectivity index (χ3v) is 5.58. The molecule has 0 aliphatic carbocycles.